The van der Waals surface area contributed by atoms with E-state index in [9.17, 15) is 14.9 Å². The Labute approximate surface area is 139 Å². The highest BCUT2D eigenvalue weighted by Gasteiger charge is 2.14. The van der Waals surface area contributed by atoms with Crippen LogP contribution in [-0.4, -0.2) is 24.5 Å². The van der Waals surface area contributed by atoms with Crippen LogP contribution in [0.2, 0.25) is 0 Å². The van der Waals surface area contributed by atoms with Crippen molar-refractivity contribution in [3.63, 3.8) is 0 Å². The molecule has 24 heavy (non-hydrogen) atoms. The first-order valence-corrected chi connectivity index (χ1v) is 7.23. The molecule has 126 valence electrons. The minimum atomic E-state index is -0.530. The molecule has 0 bridgehead atoms. The highest BCUT2D eigenvalue weighted by atomic mass is 16.6. The zero-order valence-electron chi connectivity index (χ0n) is 13.7. The van der Waals surface area contributed by atoms with Crippen LogP contribution in [0.4, 0.5) is 11.4 Å². The Morgan fingerprint density at radius 3 is 2.54 bits per heavy atom. The first-order valence-electron chi connectivity index (χ1n) is 7.23. The second-order valence-electron chi connectivity index (χ2n) is 5.25. The fourth-order valence-electron chi connectivity index (χ4n) is 2.19. The number of non-ortho nitro benzene ring substituents is 1. The van der Waals surface area contributed by atoms with Crippen molar-refractivity contribution < 1.29 is 19.2 Å². The Kier molecular flexibility index (Phi) is 5.36. The van der Waals surface area contributed by atoms with Crippen LogP contribution in [0.1, 0.15) is 11.1 Å². The molecule has 0 aliphatic carbocycles. The summed E-state index contributed by atoms with van der Waals surface area (Å²) in [5.41, 5.74) is 2.28. The lowest BCUT2D eigenvalue weighted by molar-refractivity contribution is -0.384. The summed E-state index contributed by atoms with van der Waals surface area (Å²) in [6.45, 7) is 3.70. The number of anilines is 1. The summed E-state index contributed by atoms with van der Waals surface area (Å²) < 4.78 is 10.6. The molecule has 0 fully saturated rings. The van der Waals surface area contributed by atoms with E-state index < -0.39 is 4.92 Å². The van der Waals surface area contributed by atoms with Crippen LogP contribution in [0.15, 0.2) is 36.4 Å². The average molecular weight is 330 g/mol. The van der Waals surface area contributed by atoms with Crippen molar-refractivity contribution in [2.24, 2.45) is 0 Å². The molecule has 2 rings (SSSR count). The Morgan fingerprint density at radius 2 is 1.92 bits per heavy atom. The predicted octanol–water partition coefficient (Wildman–Crippen LogP) is 3.24. The molecule has 2 aromatic rings. The van der Waals surface area contributed by atoms with Crippen molar-refractivity contribution in [2.75, 3.05) is 19.0 Å². The molecule has 2 aromatic carbocycles. The molecule has 0 atom stereocenters. The van der Waals surface area contributed by atoms with E-state index in [2.05, 4.69) is 5.32 Å². The number of nitro groups is 1. The fourth-order valence-corrected chi connectivity index (χ4v) is 2.19. The molecule has 0 saturated heterocycles. The van der Waals surface area contributed by atoms with Gasteiger partial charge in [0.2, 0.25) is 0 Å². The van der Waals surface area contributed by atoms with E-state index in [0.717, 1.165) is 11.1 Å². The van der Waals surface area contributed by atoms with Crippen molar-refractivity contribution >= 4 is 17.3 Å². The summed E-state index contributed by atoms with van der Waals surface area (Å²) in [5, 5.41) is 13.4. The topological polar surface area (TPSA) is 90.7 Å². The van der Waals surface area contributed by atoms with Gasteiger partial charge in [0.1, 0.15) is 11.5 Å². The van der Waals surface area contributed by atoms with Gasteiger partial charge in [-0.25, -0.2) is 0 Å². The number of hydrogen-bond donors (Lipinski definition) is 1. The van der Waals surface area contributed by atoms with Gasteiger partial charge in [-0.2, -0.15) is 0 Å². The second kappa shape index (κ2) is 7.45. The number of rotatable bonds is 6. The van der Waals surface area contributed by atoms with Crippen molar-refractivity contribution in [1.82, 2.24) is 0 Å². The highest BCUT2D eigenvalue weighted by molar-refractivity contribution is 5.93. The average Bonchev–Trinajstić information content (AvgIpc) is 2.54. The van der Waals surface area contributed by atoms with Gasteiger partial charge >= 0.3 is 0 Å². The standard InChI is InChI=1S/C17H18N2O5/c1-11-4-7-15(12(2)8-11)24-10-17(20)18-14-6-5-13(19(21)22)9-16(14)23-3/h4-9H,10H2,1-3H3,(H,18,20). The lowest BCUT2D eigenvalue weighted by atomic mass is 10.1. The largest absolute Gasteiger partial charge is 0.494 e. The van der Waals surface area contributed by atoms with E-state index in [1.807, 2.05) is 32.0 Å². The molecule has 1 N–H and O–H groups in total. The monoisotopic (exact) mass is 330 g/mol. The third-order valence-corrected chi connectivity index (χ3v) is 3.36. The van der Waals surface area contributed by atoms with Crippen molar-refractivity contribution in [1.29, 1.82) is 0 Å². The first-order chi connectivity index (χ1) is 11.4. The number of ether oxygens (including phenoxy) is 2. The number of carbonyl (C=O) groups is 1. The molecule has 7 heteroatoms. The SMILES string of the molecule is COc1cc([N+](=O)[O-])ccc1NC(=O)COc1ccc(C)cc1C. The van der Waals surface area contributed by atoms with Gasteiger partial charge in [0.05, 0.1) is 23.8 Å². The quantitative estimate of drug-likeness (QED) is 0.648. The lowest BCUT2D eigenvalue weighted by Crippen LogP contribution is -2.20. The Balaban J connectivity index is 2.03. The van der Waals surface area contributed by atoms with Gasteiger partial charge in [-0.3, -0.25) is 14.9 Å². The van der Waals surface area contributed by atoms with Crippen LogP contribution >= 0.6 is 0 Å². The zero-order valence-corrected chi connectivity index (χ0v) is 13.7. The highest BCUT2D eigenvalue weighted by Crippen LogP contribution is 2.29. The molecule has 0 spiro atoms. The zero-order chi connectivity index (χ0) is 17.7. The Hall–Kier alpha value is -3.09. The minimum Gasteiger partial charge on any atom is -0.494 e. The molecule has 0 heterocycles. The van der Waals surface area contributed by atoms with Crippen LogP contribution < -0.4 is 14.8 Å². The summed E-state index contributed by atoms with van der Waals surface area (Å²) in [6.07, 6.45) is 0. The molecule has 0 aliphatic heterocycles. The number of nitrogens with zero attached hydrogens (tertiary/aromatic N) is 1. The van der Waals surface area contributed by atoms with E-state index in [-0.39, 0.29) is 24.0 Å². The fraction of sp³-hybridized carbons (Fsp3) is 0.235. The summed E-state index contributed by atoms with van der Waals surface area (Å²) >= 11 is 0. The number of aryl methyl sites for hydroxylation is 2. The van der Waals surface area contributed by atoms with Crippen molar-refractivity contribution in [2.45, 2.75) is 13.8 Å². The van der Waals surface area contributed by atoms with E-state index in [1.165, 1.54) is 25.3 Å². The van der Waals surface area contributed by atoms with Crippen LogP contribution in [0, 0.1) is 24.0 Å². The maximum atomic E-state index is 12.0. The molecule has 0 aliphatic rings. The summed E-state index contributed by atoms with van der Waals surface area (Å²) in [5.74, 6) is 0.456. The van der Waals surface area contributed by atoms with Gasteiger partial charge in [-0.1, -0.05) is 17.7 Å². The lowest BCUT2D eigenvalue weighted by Gasteiger charge is -2.12. The van der Waals surface area contributed by atoms with Crippen molar-refractivity contribution in [3.05, 3.63) is 57.6 Å². The van der Waals surface area contributed by atoms with Gasteiger partial charge in [0.25, 0.3) is 11.6 Å². The number of hydrogen-bond acceptors (Lipinski definition) is 5. The van der Waals surface area contributed by atoms with Crippen LogP contribution in [0.5, 0.6) is 11.5 Å². The molecule has 1 amide bonds. The summed E-state index contributed by atoms with van der Waals surface area (Å²) in [7, 11) is 1.38. The number of amides is 1. The Bertz CT molecular complexity index is 774. The summed E-state index contributed by atoms with van der Waals surface area (Å²) in [4.78, 5) is 22.3. The number of carbonyl (C=O) groups excluding carboxylic acids is 1. The number of nitrogens with one attached hydrogen (secondary N) is 1. The van der Waals surface area contributed by atoms with Crippen LogP contribution in [-0.2, 0) is 4.79 Å². The normalized spacial score (nSPS) is 10.1. The van der Waals surface area contributed by atoms with E-state index in [1.54, 1.807) is 0 Å². The van der Waals surface area contributed by atoms with E-state index in [0.29, 0.717) is 11.4 Å². The van der Waals surface area contributed by atoms with Gasteiger partial charge in [0, 0.05) is 6.07 Å². The maximum Gasteiger partial charge on any atom is 0.273 e. The number of nitro benzene ring substituents is 1. The minimum absolute atomic E-state index is 0.114. The smallest absolute Gasteiger partial charge is 0.273 e. The summed E-state index contributed by atoms with van der Waals surface area (Å²) in [6, 6.07) is 9.65. The first kappa shape index (κ1) is 17.3. The Morgan fingerprint density at radius 1 is 1.17 bits per heavy atom. The maximum absolute atomic E-state index is 12.0. The van der Waals surface area contributed by atoms with Crippen LogP contribution in [0.3, 0.4) is 0 Å². The molecular formula is C17H18N2O5. The van der Waals surface area contributed by atoms with E-state index >= 15 is 0 Å². The van der Waals surface area contributed by atoms with Crippen molar-refractivity contribution in [3.8, 4) is 11.5 Å². The van der Waals surface area contributed by atoms with E-state index in [4.69, 9.17) is 9.47 Å². The second-order valence-corrected chi connectivity index (χ2v) is 5.25. The number of methoxy groups -OCH3 is 1. The van der Waals surface area contributed by atoms with Gasteiger partial charge < -0.3 is 14.8 Å². The molecule has 0 unspecified atom stereocenters. The molecule has 0 radical (unpaired) electrons. The molecule has 0 saturated carbocycles. The third kappa shape index (κ3) is 4.22. The van der Waals surface area contributed by atoms with Gasteiger partial charge in [-0.05, 0) is 31.5 Å². The predicted molar refractivity (Wildman–Crippen MR) is 89.7 cm³/mol. The van der Waals surface area contributed by atoms with Gasteiger partial charge in [0.15, 0.2) is 6.61 Å². The molecular weight excluding hydrogens is 312 g/mol. The third-order valence-electron chi connectivity index (χ3n) is 3.36. The van der Waals surface area contributed by atoms with Gasteiger partial charge in [-0.15, -0.1) is 0 Å². The molecule has 7 nitrogen and oxygen atoms in total. The number of benzene rings is 2. The van der Waals surface area contributed by atoms with Crippen LogP contribution in [0.25, 0.3) is 0 Å². The molecule has 0 aromatic heterocycles.